The lowest BCUT2D eigenvalue weighted by atomic mass is 10.1. The molecule has 0 aliphatic carbocycles. The normalized spacial score (nSPS) is 10.2. The van der Waals surface area contributed by atoms with Gasteiger partial charge in [-0.05, 0) is 6.07 Å². The Hall–Kier alpha value is -2.10. The van der Waals surface area contributed by atoms with Gasteiger partial charge in [0.25, 0.3) is 0 Å². The first kappa shape index (κ1) is 12.4. The van der Waals surface area contributed by atoms with Crippen LogP contribution in [0.2, 0.25) is 0 Å². The van der Waals surface area contributed by atoms with Gasteiger partial charge in [0.05, 0.1) is 28.4 Å². The number of benzene rings is 2. The van der Waals surface area contributed by atoms with Crippen molar-refractivity contribution in [2.75, 3.05) is 28.4 Å². The van der Waals surface area contributed by atoms with Crippen LogP contribution in [0.3, 0.4) is 0 Å². The van der Waals surface area contributed by atoms with E-state index < -0.39 is 0 Å². The first-order valence-electron chi connectivity index (χ1n) is 5.44. The molecule has 0 atom stereocenters. The molecular formula is C14H15O4. The first-order valence-corrected chi connectivity index (χ1v) is 5.44. The van der Waals surface area contributed by atoms with E-state index in [0.717, 1.165) is 10.8 Å². The smallest absolute Gasteiger partial charge is 0.207 e. The summed E-state index contributed by atoms with van der Waals surface area (Å²) in [5, 5.41) is 1.67. The van der Waals surface area contributed by atoms with Crippen LogP contribution in [0.15, 0.2) is 18.2 Å². The molecule has 0 saturated heterocycles. The molecule has 0 aromatic heterocycles. The van der Waals surface area contributed by atoms with Crippen LogP contribution >= 0.6 is 0 Å². The number of methoxy groups -OCH3 is 4. The Kier molecular flexibility index (Phi) is 3.46. The molecule has 0 unspecified atom stereocenters. The molecule has 0 heterocycles. The standard InChI is InChI=1S/C14H15O4/c1-15-11-9-7-5-6-8-10(9)12(16-2)14(18-4)13(11)17-3/h5-7H,1-4H3. The van der Waals surface area contributed by atoms with Gasteiger partial charge in [0.15, 0.2) is 11.5 Å². The maximum Gasteiger partial charge on any atom is 0.207 e. The zero-order valence-corrected chi connectivity index (χ0v) is 10.9. The largest absolute Gasteiger partial charge is 0.492 e. The first-order chi connectivity index (χ1) is 8.78. The molecule has 1 radical (unpaired) electrons. The van der Waals surface area contributed by atoms with Crippen molar-refractivity contribution in [1.29, 1.82) is 0 Å². The van der Waals surface area contributed by atoms with Crippen LogP contribution in [0.1, 0.15) is 0 Å². The molecule has 18 heavy (non-hydrogen) atoms. The van der Waals surface area contributed by atoms with E-state index >= 15 is 0 Å². The lowest BCUT2D eigenvalue weighted by molar-refractivity contribution is 0.309. The Labute approximate surface area is 106 Å². The maximum atomic E-state index is 5.41. The monoisotopic (exact) mass is 247 g/mol. The van der Waals surface area contributed by atoms with E-state index in [1.807, 2.05) is 18.2 Å². The predicted molar refractivity (Wildman–Crippen MR) is 69.0 cm³/mol. The second kappa shape index (κ2) is 5.04. The highest BCUT2D eigenvalue weighted by atomic mass is 16.5. The highest BCUT2D eigenvalue weighted by Crippen LogP contribution is 2.50. The number of fused-ring (bicyclic) bond motifs is 1. The van der Waals surface area contributed by atoms with E-state index in [0.29, 0.717) is 23.0 Å². The van der Waals surface area contributed by atoms with E-state index in [4.69, 9.17) is 18.9 Å². The number of ether oxygens (including phenoxy) is 4. The third kappa shape index (κ3) is 1.70. The molecule has 0 saturated carbocycles. The van der Waals surface area contributed by atoms with E-state index in [9.17, 15) is 0 Å². The summed E-state index contributed by atoms with van der Waals surface area (Å²) in [7, 11) is 6.31. The van der Waals surface area contributed by atoms with Crippen molar-refractivity contribution in [3.05, 3.63) is 24.3 Å². The van der Waals surface area contributed by atoms with Crippen molar-refractivity contribution in [2.24, 2.45) is 0 Å². The molecule has 4 nitrogen and oxygen atoms in total. The summed E-state index contributed by atoms with van der Waals surface area (Å²) < 4.78 is 21.5. The lowest BCUT2D eigenvalue weighted by Crippen LogP contribution is -1.99. The minimum Gasteiger partial charge on any atom is -0.492 e. The summed E-state index contributed by atoms with van der Waals surface area (Å²) in [6.07, 6.45) is 0. The average Bonchev–Trinajstić information content (AvgIpc) is 2.44. The Balaban J connectivity index is 2.94. The van der Waals surface area contributed by atoms with Crippen LogP contribution in [0.5, 0.6) is 23.0 Å². The van der Waals surface area contributed by atoms with Gasteiger partial charge in [-0.2, -0.15) is 0 Å². The second-order valence-electron chi connectivity index (χ2n) is 3.59. The Morgan fingerprint density at radius 1 is 0.778 bits per heavy atom. The summed E-state index contributed by atoms with van der Waals surface area (Å²) in [6.45, 7) is 0. The highest BCUT2D eigenvalue weighted by Gasteiger charge is 2.22. The SMILES string of the molecule is COc1c(OC)c(OC)c2ccc[c]c2c1OC. The van der Waals surface area contributed by atoms with E-state index in [2.05, 4.69) is 6.07 Å². The Morgan fingerprint density at radius 3 is 1.89 bits per heavy atom. The molecule has 2 aromatic rings. The maximum absolute atomic E-state index is 5.41. The van der Waals surface area contributed by atoms with Crippen LogP contribution < -0.4 is 18.9 Å². The van der Waals surface area contributed by atoms with Crippen molar-refractivity contribution in [3.8, 4) is 23.0 Å². The lowest BCUT2D eigenvalue weighted by Gasteiger charge is -2.18. The zero-order chi connectivity index (χ0) is 13.1. The van der Waals surface area contributed by atoms with E-state index in [1.165, 1.54) is 0 Å². The molecule has 0 fully saturated rings. The van der Waals surface area contributed by atoms with Gasteiger partial charge in [-0.25, -0.2) is 0 Å². The van der Waals surface area contributed by atoms with Crippen molar-refractivity contribution in [1.82, 2.24) is 0 Å². The fraction of sp³-hybridized carbons (Fsp3) is 0.286. The molecule has 0 spiro atoms. The number of hydrogen-bond donors (Lipinski definition) is 0. The van der Waals surface area contributed by atoms with E-state index in [1.54, 1.807) is 28.4 Å². The molecule has 2 aromatic carbocycles. The quantitative estimate of drug-likeness (QED) is 0.832. The van der Waals surface area contributed by atoms with Gasteiger partial charge in [-0.3, -0.25) is 0 Å². The molecule has 0 amide bonds. The summed E-state index contributed by atoms with van der Waals surface area (Å²) in [5.41, 5.74) is 0. The van der Waals surface area contributed by atoms with Gasteiger partial charge in [-0.15, -0.1) is 0 Å². The molecule has 4 heteroatoms. The van der Waals surface area contributed by atoms with Crippen molar-refractivity contribution < 1.29 is 18.9 Å². The van der Waals surface area contributed by atoms with Crippen LogP contribution in [0.25, 0.3) is 10.8 Å². The third-order valence-corrected chi connectivity index (χ3v) is 2.76. The minimum atomic E-state index is 0.506. The molecule has 0 N–H and O–H groups in total. The van der Waals surface area contributed by atoms with Crippen LogP contribution in [-0.4, -0.2) is 28.4 Å². The number of hydrogen-bond acceptors (Lipinski definition) is 4. The highest BCUT2D eigenvalue weighted by molar-refractivity contribution is 5.98. The molecule has 2 rings (SSSR count). The third-order valence-electron chi connectivity index (χ3n) is 2.76. The molecule has 0 aliphatic heterocycles. The van der Waals surface area contributed by atoms with Crippen LogP contribution in [0, 0.1) is 6.07 Å². The summed E-state index contributed by atoms with van der Waals surface area (Å²) in [6, 6.07) is 8.76. The van der Waals surface area contributed by atoms with Crippen LogP contribution in [-0.2, 0) is 0 Å². The minimum absolute atomic E-state index is 0.506. The molecule has 0 bridgehead atoms. The molecule has 95 valence electrons. The van der Waals surface area contributed by atoms with Gasteiger partial charge < -0.3 is 18.9 Å². The van der Waals surface area contributed by atoms with Crippen LogP contribution in [0.4, 0.5) is 0 Å². The van der Waals surface area contributed by atoms with Gasteiger partial charge >= 0.3 is 0 Å². The topological polar surface area (TPSA) is 36.9 Å². The Bertz CT molecular complexity index is 513. The molecule has 0 aliphatic rings. The fourth-order valence-corrected chi connectivity index (χ4v) is 2.02. The van der Waals surface area contributed by atoms with Gasteiger partial charge in [0.2, 0.25) is 11.5 Å². The summed E-state index contributed by atoms with van der Waals surface area (Å²) in [5.74, 6) is 2.23. The van der Waals surface area contributed by atoms with Crippen molar-refractivity contribution in [2.45, 2.75) is 0 Å². The molecular weight excluding hydrogens is 232 g/mol. The zero-order valence-electron chi connectivity index (χ0n) is 10.9. The Morgan fingerprint density at radius 2 is 1.33 bits per heavy atom. The van der Waals surface area contributed by atoms with Gasteiger partial charge in [0.1, 0.15) is 0 Å². The van der Waals surface area contributed by atoms with Crippen molar-refractivity contribution >= 4 is 10.8 Å². The predicted octanol–water partition coefficient (Wildman–Crippen LogP) is 2.67. The second-order valence-corrected chi connectivity index (χ2v) is 3.59. The van der Waals surface area contributed by atoms with Gasteiger partial charge in [0, 0.05) is 10.8 Å². The van der Waals surface area contributed by atoms with Crippen molar-refractivity contribution in [3.63, 3.8) is 0 Å². The summed E-state index contributed by atoms with van der Waals surface area (Å²) in [4.78, 5) is 0. The average molecular weight is 247 g/mol. The summed E-state index contributed by atoms with van der Waals surface area (Å²) >= 11 is 0. The van der Waals surface area contributed by atoms with Gasteiger partial charge in [-0.1, -0.05) is 18.2 Å². The van der Waals surface area contributed by atoms with E-state index in [-0.39, 0.29) is 0 Å². The number of rotatable bonds is 4. The fourth-order valence-electron chi connectivity index (χ4n) is 2.02.